The maximum atomic E-state index is 11.4. The van der Waals surface area contributed by atoms with Gasteiger partial charge in [0.2, 0.25) is 0 Å². The van der Waals surface area contributed by atoms with Crippen LogP contribution in [-0.4, -0.2) is 16.7 Å². The minimum Gasteiger partial charge on any atom is -0.444 e. The van der Waals surface area contributed by atoms with E-state index in [2.05, 4.69) is 32.9 Å². The van der Waals surface area contributed by atoms with Gasteiger partial charge in [-0.1, -0.05) is 11.6 Å². The van der Waals surface area contributed by atoms with Crippen molar-refractivity contribution in [2.45, 2.75) is 32.9 Å². The van der Waals surface area contributed by atoms with Crippen LogP contribution in [0.3, 0.4) is 0 Å². The summed E-state index contributed by atoms with van der Waals surface area (Å²) in [5.41, 5.74) is 0.413. The molecule has 0 aliphatic heterocycles. The fourth-order valence-corrected chi connectivity index (χ4v) is 2.01. The molecule has 94 valence electrons. The third-order valence-electron chi connectivity index (χ3n) is 1.72. The monoisotopic (exact) mass is 368 g/mol. The van der Waals surface area contributed by atoms with Gasteiger partial charge in [0.15, 0.2) is 0 Å². The lowest BCUT2D eigenvalue weighted by molar-refractivity contribution is 0.0523. The fraction of sp³-hybridized carbons (Fsp3) is 0.455. The first kappa shape index (κ1) is 14.5. The first-order valence-electron chi connectivity index (χ1n) is 5.05. The molecule has 0 aliphatic carbocycles. The number of rotatable bonds is 2. The molecule has 6 heteroatoms. The molecule has 0 saturated carbocycles. The van der Waals surface area contributed by atoms with E-state index in [1.165, 1.54) is 0 Å². The largest absolute Gasteiger partial charge is 0.444 e. The van der Waals surface area contributed by atoms with E-state index < -0.39 is 11.7 Å². The average Bonchev–Trinajstić information content (AvgIpc) is 2.13. The highest BCUT2D eigenvalue weighted by molar-refractivity contribution is 14.1. The molecule has 0 aliphatic rings. The number of nitrogens with one attached hydrogen (secondary N) is 1. The van der Waals surface area contributed by atoms with Gasteiger partial charge in [0, 0.05) is 21.9 Å². The second kappa shape index (κ2) is 5.86. The van der Waals surface area contributed by atoms with Crippen molar-refractivity contribution in [3.05, 3.63) is 26.5 Å². The van der Waals surface area contributed by atoms with Crippen LogP contribution in [-0.2, 0) is 11.3 Å². The van der Waals surface area contributed by atoms with Crippen molar-refractivity contribution in [3.63, 3.8) is 0 Å². The maximum absolute atomic E-state index is 11.4. The van der Waals surface area contributed by atoms with E-state index in [4.69, 9.17) is 16.3 Å². The van der Waals surface area contributed by atoms with E-state index in [9.17, 15) is 4.79 Å². The molecule has 0 saturated heterocycles. The lowest BCUT2D eigenvalue weighted by atomic mass is 10.2. The van der Waals surface area contributed by atoms with Gasteiger partial charge in [-0.05, 0) is 49.4 Å². The van der Waals surface area contributed by atoms with Crippen LogP contribution in [0.2, 0.25) is 5.15 Å². The summed E-state index contributed by atoms with van der Waals surface area (Å²) >= 11 is 7.88. The van der Waals surface area contributed by atoms with E-state index >= 15 is 0 Å². The Kier molecular flexibility index (Phi) is 5.00. The predicted molar refractivity (Wildman–Crippen MR) is 75.0 cm³/mol. The third-order valence-corrected chi connectivity index (χ3v) is 2.93. The van der Waals surface area contributed by atoms with Crippen molar-refractivity contribution < 1.29 is 9.53 Å². The minimum absolute atomic E-state index is 0.372. The van der Waals surface area contributed by atoms with Crippen LogP contribution in [0.4, 0.5) is 4.79 Å². The van der Waals surface area contributed by atoms with Gasteiger partial charge in [-0.2, -0.15) is 0 Å². The Labute approximate surface area is 119 Å². The summed E-state index contributed by atoms with van der Waals surface area (Å²) in [6.45, 7) is 5.83. The Morgan fingerprint density at radius 1 is 1.59 bits per heavy atom. The van der Waals surface area contributed by atoms with E-state index in [0.717, 1.165) is 9.13 Å². The summed E-state index contributed by atoms with van der Waals surface area (Å²) in [5, 5.41) is 3.11. The van der Waals surface area contributed by atoms with E-state index in [1.807, 2.05) is 20.8 Å². The standard InChI is InChI=1S/C11H14ClIN2O2/c1-11(2,3)17-10(16)15-6-7-5-14-9(12)4-8(7)13/h4-5H,6H2,1-3H3,(H,15,16). The fourth-order valence-electron chi connectivity index (χ4n) is 1.05. The number of halogens is 2. The molecule has 1 aromatic heterocycles. The normalized spacial score (nSPS) is 11.1. The summed E-state index contributed by atoms with van der Waals surface area (Å²) in [5.74, 6) is 0. The molecular formula is C11H14ClIN2O2. The Hall–Kier alpha value is -0.560. The van der Waals surface area contributed by atoms with Crippen LogP contribution in [0.5, 0.6) is 0 Å². The molecule has 1 aromatic rings. The van der Waals surface area contributed by atoms with Crippen molar-refractivity contribution in [1.29, 1.82) is 0 Å². The number of pyridine rings is 1. The molecule has 1 N–H and O–H groups in total. The quantitative estimate of drug-likeness (QED) is 0.643. The zero-order valence-electron chi connectivity index (χ0n) is 9.88. The summed E-state index contributed by atoms with van der Waals surface area (Å²) in [6.07, 6.45) is 1.20. The Bertz CT molecular complexity index is 418. The van der Waals surface area contributed by atoms with Crippen LogP contribution >= 0.6 is 34.2 Å². The molecule has 0 spiro atoms. The highest BCUT2D eigenvalue weighted by Crippen LogP contribution is 2.15. The summed E-state index contributed by atoms with van der Waals surface area (Å²) in [4.78, 5) is 15.4. The molecule has 1 rings (SSSR count). The molecule has 0 bridgehead atoms. The zero-order valence-corrected chi connectivity index (χ0v) is 12.8. The van der Waals surface area contributed by atoms with Gasteiger partial charge >= 0.3 is 6.09 Å². The summed E-state index contributed by atoms with van der Waals surface area (Å²) in [6, 6.07) is 1.74. The van der Waals surface area contributed by atoms with Gasteiger partial charge in [0.05, 0.1) is 0 Å². The Morgan fingerprint density at radius 2 is 2.24 bits per heavy atom. The lowest BCUT2D eigenvalue weighted by Gasteiger charge is -2.19. The molecular weight excluding hydrogens is 354 g/mol. The van der Waals surface area contributed by atoms with Gasteiger partial charge < -0.3 is 10.1 Å². The van der Waals surface area contributed by atoms with Gasteiger partial charge in [0.1, 0.15) is 10.8 Å². The number of carbonyl (C=O) groups is 1. The molecule has 4 nitrogen and oxygen atoms in total. The molecule has 17 heavy (non-hydrogen) atoms. The highest BCUT2D eigenvalue weighted by atomic mass is 127. The van der Waals surface area contributed by atoms with Gasteiger partial charge in [-0.25, -0.2) is 9.78 Å². The number of hydrogen-bond acceptors (Lipinski definition) is 3. The maximum Gasteiger partial charge on any atom is 0.407 e. The van der Waals surface area contributed by atoms with Crippen molar-refractivity contribution >= 4 is 40.3 Å². The van der Waals surface area contributed by atoms with Crippen LogP contribution in [0.1, 0.15) is 26.3 Å². The van der Waals surface area contributed by atoms with Crippen molar-refractivity contribution in [3.8, 4) is 0 Å². The van der Waals surface area contributed by atoms with Crippen molar-refractivity contribution in [1.82, 2.24) is 10.3 Å². The number of aromatic nitrogens is 1. The SMILES string of the molecule is CC(C)(C)OC(=O)NCc1cnc(Cl)cc1I. The number of hydrogen-bond donors (Lipinski definition) is 1. The third kappa shape index (κ3) is 5.54. The minimum atomic E-state index is -0.491. The number of carbonyl (C=O) groups excluding carboxylic acids is 1. The number of amides is 1. The Balaban J connectivity index is 2.53. The second-order valence-corrected chi connectivity index (χ2v) is 6.00. The number of nitrogens with zero attached hydrogens (tertiary/aromatic N) is 1. The number of alkyl carbamates (subject to hydrolysis) is 1. The molecule has 0 fully saturated rings. The topological polar surface area (TPSA) is 51.2 Å². The van der Waals surface area contributed by atoms with E-state index in [1.54, 1.807) is 12.3 Å². The molecule has 1 heterocycles. The van der Waals surface area contributed by atoms with Gasteiger partial charge in [-0.15, -0.1) is 0 Å². The average molecular weight is 369 g/mol. The van der Waals surface area contributed by atoms with E-state index in [-0.39, 0.29) is 0 Å². The molecule has 0 atom stereocenters. The van der Waals surface area contributed by atoms with Crippen LogP contribution in [0.25, 0.3) is 0 Å². The molecule has 0 aromatic carbocycles. The lowest BCUT2D eigenvalue weighted by Crippen LogP contribution is -2.32. The zero-order chi connectivity index (χ0) is 13.1. The molecule has 1 amide bonds. The molecule has 0 radical (unpaired) electrons. The first-order valence-corrected chi connectivity index (χ1v) is 6.50. The van der Waals surface area contributed by atoms with Crippen molar-refractivity contribution in [2.24, 2.45) is 0 Å². The second-order valence-electron chi connectivity index (χ2n) is 4.45. The molecule has 0 unspecified atom stereocenters. The Morgan fingerprint density at radius 3 is 2.76 bits per heavy atom. The smallest absolute Gasteiger partial charge is 0.407 e. The van der Waals surface area contributed by atoms with E-state index in [0.29, 0.717) is 11.7 Å². The van der Waals surface area contributed by atoms with Gasteiger partial charge in [-0.3, -0.25) is 0 Å². The number of ether oxygens (including phenoxy) is 1. The first-order chi connectivity index (χ1) is 7.78. The van der Waals surface area contributed by atoms with Crippen LogP contribution in [0.15, 0.2) is 12.3 Å². The summed E-state index contributed by atoms with van der Waals surface area (Å²) in [7, 11) is 0. The van der Waals surface area contributed by atoms with Gasteiger partial charge in [0.25, 0.3) is 0 Å². The van der Waals surface area contributed by atoms with Crippen LogP contribution < -0.4 is 5.32 Å². The summed E-state index contributed by atoms with van der Waals surface area (Å²) < 4.78 is 6.08. The predicted octanol–water partition coefficient (Wildman–Crippen LogP) is 3.36. The van der Waals surface area contributed by atoms with Crippen LogP contribution in [0, 0.1) is 3.57 Å². The van der Waals surface area contributed by atoms with Crippen molar-refractivity contribution in [2.75, 3.05) is 0 Å². The highest BCUT2D eigenvalue weighted by Gasteiger charge is 2.16.